The van der Waals surface area contributed by atoms with E-state index in [0.717, 1.165) is 52.4 Å². The van der Waals surface area contributed by atoms with Gasteiger partial charge in [0.2, 0.25) is 0 Å². The van der Waals surface area contributed by atoms with Crippen LogP contribution in [0.25, 0.3) is 16.5 Å². The Morgan fingerprint density at radius 1 is 1.00 bits per heavy atom. The average Bonchev–Trinajstić information content (AvgIpc) is 3.19. The number of para-hydroxylation sites is 1. The second-order valence-electron chi connectivity index (χ2n) is 10.5. The van der Waals surface area contributed by atoms with Gasteiger partial charge in [0.05, 0.1) is 11.1 Å². The summed E-state index contributed by atoms with van der Waals surface area (Å²) in [6.45, 7) is 4.25. The second kappa shape index (κ2) is 7.19. The van der Waals surface area contributed by atoms with Gasteiger partial charge in [0, 0.05) is 29.2 Å². The lowest BCUT2D eigenvalue weighted by atomic mass is 9.53. The third kappa shape index (κ3) is 2.74. The monoisotopic (exact) mass is 429 g/mol. The minimum absolute atomic E-state index is 0.404. The summed E-state index contributed by atoms with van der Waals surface area (Å²) >= 11 is 0. The fraction of sp³-hybridized carbons (Fsp3) is 0.500. The molecule has 0 spiro atoms. The molecule has 4 aliphatic carbocycles. The molecular weight excluding hydrogens is 398 g/mol. The first-order chi connectivity index (χ1) is 15.5. The van der Waals surface area contributed by atoms with Crippen LogP contribution in [0.3, 0.4) is 0 Å². The smallest absolute Gasteiger partial charge is 0.347 e. The fourth-order valence-electron chi connectivity index (χ4n) is 7.55. The van der Waals surface area contributed by atoms with E-state index in [1.54, 1.807) is 0 Å². The van der Waals surface area contributed by atoms with Crippen molar-refractivity contribution in [3.63, 3.8) is 0 Å². The quantitative estimate of drug-likeness (QED) is 0.348. The number of esters is 2. The van der Waals surface area contributed by atoms with Crippen molar-refractivity contribution in [2.45, 2.75) is 58.8 Å². The SMILES string of the molecule is CCC/C(=C1/C(=O)OC(=O)C1=C1C2CC3CC(C2)CC1C3)c1c(C)n(C)c2ccccc12. The molecule has 1 aromatic heterocycles. The molecular formula is C28H31NO3. The molecule has 4 saturated carbocycles. The minimum Gasteiger partial charge on any atom is -0.386 e. The van der Waals surface area contributed by atoms with Gasteiger partial charge < -0.3 is 9.30 Å². The van der Waals surface area contributed by atoms with Crippen LogP contribution in [0.4, 0.5) is 0 Å². The van der Waals surface area contributed by atoms with Crippen LogP contribution in [-0.2, 0) is 21.4 Å². The van der Waals surface area contributed by atoms with Crippen molar-refractivity contribution in [1.82, 2.24) is 4.57 Å². The summed E-state index contributed by atoms with van der Waals surface area (Å²) in [6, 6.07) is 8.35. The number of hydrogen-bond donors (Lipinski definition) is 0. The van der Waals surface area contributed by atoms with Gasteiger partial charge in [0.1, 0.15) is 0 Å². The number of allylic oxidation sites excluding steroid dienone is 2. The number of aryl methyl sites for hydroxylation is 1. The number of carbonyl (C=O) groups excluding carboxylic acids is 2. The molecule has 5 fully saturated rings. The highest BCUT2D eigenvalue weighted by molar-refractivity contribution is 6.23. The molecule has 7 rings (SSSR count). The molecule has 2 heterocycles. The van der Waals surface area contributed by atoms with E-state index in [1.165, 1.54) is 37.7 Å². The lowest BCUT2D eigenvalue weighted by Crippen LogP contribution is -2.41. The summed E-state index contributed by atoms with van der Waals surface area (Å²) in [4.78, 5) is 26.4. The van der Waals surface area contributed by atoms with Crippen LogP contribution >= 0.6 is 0 Å². The van der Waals surface area contributed by atoms with Crippen molar-refractivity contribution in [2.24, 2.45) is 30.7 Å². The van der Waals surface area contributed by atoms with Crippen LogP contribution < -0.4 is 0 Å². The Morgan fingerprint density at radius 2 is 1.66 bits per heavy atom. The Morgan fingerprint density at radius 3 is 2.31 bits per heavy atom. The van der Waals surface area contributed by atoms with E-state index < -0.39 is 11.9 Å². The molecule has 166 valence electrons. The number of fused-ring (bicyclic) bond motifs is 1. The first-order valence-corrected chi connectivity index (χ1v) is 12.3. The van der Waals surface area contributed by atoms with E-state index in [4.69, 9.17) is 4.74 Å². The highest BCUT2D eigenvalue weighted by atomic mass is 16.6. The maximum Gasteiger partial charge on any atom is 0.347 e. The zero-order valence-corrected chi connectivity index (χ0v) is 19.2. The van der Waals surface area contributed by atoms with Crippen molar-refractivity contribution < 1.29 is 14.3 Å². The Bertz CT molecular complexity index is 1190. The van der Waals surface area contributed by atoms with Gasteiger partial charge in [0.15, 0.2) is 0 Å². The number of rotatable bonds is 3. The lowest BCUT2D eigenvalue weighted by molar-refractivity contribution is -0.149. The van der Waals surface area contributed by atoms with Gasteiger partial charge in [-0.25, -0.2) is 9.59 Å². The molecule has 0 N–H and O–H groups in total. The predicted octanol–water partition coefficient (Wildman–Crippen LogP) is 5.88. The summed E-state index contributed by atoms with van der Waals surface area (Å²) in [6.07, 6.45) is 7.73. The van der Waals surface area contributed by atoms with Crippen molar-refractivity contribution >= 4 is 28.4 Å². The third-order valence-electron chi connectivity index (χ3n) is 8.65. The summed E-state index contributed by atoms with van der Waals surface area (Å²) < 4.78 is 7.54. The number of cyclic esters (lactones) is 2. The molecule has 4 bridgehead atoms. The van der Waals surface area contributed by atoms with Crippen molar-refractivity contribution in [1.29, 1.82) is 0 Å². The van der Waals surface area contributed by atoms with Gasteiger partial charge in [-0.1, -0.05) is 31.5 Å². The standard InChI is InChI=1S/C28H31NO3/c1-4-7-21(23-15(2)29(3)22-9-6-5-8-20(22)23)25-26(28(31)32-27(25)30)24-18-11-16-10-17(13-18)14-19(24)12-16/h5-6,8-9,16-19H,4,7,10-14H2,1-3H3/b25-21-,26-24?. The zero-order chi connectivity index (χ0) is 22.1. The van der Waals surface area contributed by atoms with Crippen molar-refractivity contribution in [3.8, 4) is 0 Å². The molecule has 1 saturated heterocycles. The van der Waals surface area contributed by atoms with E-state index in [-0.39, 0.29) is 0 Å². The van der Waals surface area contributed by atoms with Crippen LogP contribution in [0.2, 0.25) is 0 Å². The Kier molecular flexibility index (Phi) is 4.50. The molecule has 1 aliphatic heterocycles. The summed E-state index contributed by atoms with van der Waals surface area (Å²) in [5.41, 5.74) is 6.84. The Balaban J connectivity index is 1.63. The second-order valence-corrected chi connectivity index (χ2v) is 10.5. The van der Waals surface area contributed by atoms with Crippen LogP contribution in [0.5, 0.6) is 0 Å². The molecule has 0 amide bonds. The van der Waals surface area contributed by atoms with Gasteiger partial charge in [0.25, 0.3) is 0 Å². The fourth-order valence-corrected chi connectivity index (χ4v) is 7.55. The molecule has 0 atom stereocenters. The molecule has 2 aromatic rings. The van der Waals surface area contributed by atoms with Gasteiger partial charge in [-0.2, -0.15) is 0 Å². The van der Waals surface area contributed by atoms with E-state index in [1.807, 2.05) is 6.07 Å². The number of benzene rings is 1. The van der Waals surface area contributed by atoms with Crippen molar-refractivity contribution in [2.75, 3.05) is 0 Å². The number of aromatic nitrogens is 1. The molecule has 4 heteroatoms. The van der Waals surface area contributed by atoms with E-state index in [9.17, 15) is 9.59 Å². The predicted molar refractivity (Wildman–Crippen MR) is 125 cm³/mol. The van der Waals surface area contributed by atoms with Crippen LogP contribution in [0.1, 0.15) is 63.1 Å². The summed E-state index contributed by atoms with van der Waals surface area (Å²) in [7, 11) is 2.07. The maximum absolute atomic E-state index is 13.2. The van der Waals surface area contributed by atoms with Crippen molar-refractivity contribution in [3.05, 3.63) is 52.2 Å². The maximum atomic E-state index is 13.2. The van der Waals surface area contributed by atoms with E-state index in [0.29, 0.717) is 23.0 Å². The highest BCUT2D eigenvalue weighted by Crippen LogP contribution is 2.58. The third-order valence-corrected chi connectivity index (χ3v) is 8.65. The van der Waals surface area contributed by atoms with E-state index in [2.05, 4.69) is 43.7 Å². The lowest BCUT2D eigenvalue weighted by Gasteiger charge is -2.51. The van der Waals surface area contributed by atoms with Crippen LogP contribution in [-0.4, -0.2) is 16.5 Å². The average molecular weight is 430 g/mol. The number of hydrogen-bond acceptors (Lipinski definition) is 3. The van der Waals surface area contributed by atoms with Gasteiger partial charge in [-0.05, 0) is 86.3 Å². The first kappa shape index (κ1) is 20.0. The topological polar surface area (TPSA) is 48.3 Å². The molecule has 0 unspecified atom stereocenters. The largest absolute Gasteiger partial charge is 0.386 e. The number of nitrogens with zero attached hydrogens (tertiary/aromatic N) is 1. The summed E-state index contributed by atoms with van der Waals surface area (Å²) in [5, 5.41) is 1.14. The highest BCUT2D eigenvalue weighted by Gasteiger charge is 2.50. The van der Waals surface area contributed by atoms with Crippen LogP contribution in [0, 0.1) is 30.6 Å². The minimum atomic E-state index is -0.443. The number of carbonyl (C=O) groups is 2. The van der Waals surface area contributed by atoms with E-state index >= 15 is 0 Å². The molecule has 32 heavy (non-hydrogen) atoms. The molecule has 1 aromatic carbocycles. The van der Waals surface area contributed by atoms with Gasteiger partial charge in [-0.3, -0.25) is 0 Å². The normalized spacial score (nSPS) is 30.6. The Labute approximate surface area is 189 Å². The van der Waals surface area contributed by atoms with Gasteiger partial charge in [-0.15, -0.1) is 0 Å². The zero-order valence-electron chi connectivity index (χ0n) is 19.2. The molecule has 0 radical (unpaired) electrons. The molecule has 5 aliphatic rings. The van der Waals surface area contributed by atoms with Gasteiger partial charge >= 0.3 is 11.9 Å². The summed E-state index contributed by atoms with van der Waals surface area (Å²) in [5.74, 6) is 1.66. The Hall–Kier alpha value is -2.62. The molecule has 4 nitrogen and oxygen atoms in total. The number of ether oxygens (including phenoxy) is 1. The first-order valence-electron chi connectivity index (χ1n) is 12.3. The van der Waals surface area contributed by atoms with Crippen LogP contribution in [0.15, 0.2) is 41.0 Å².